The number of hydrogen-bond acceptors (Lipinski definition) is 1. The van der Waals surface area contributed by atoms with Crippen molar-refractivity contribution in [2.45, 2.75) is 13.0 Å². The number of nitrogens with one attached hydrogen (secondary N) is 1. The van der Waals surface area contributed by atoms with Crippen LogP contribution in [-0.2, 0) is 6.54 Å². The van der Waals surface area contributed by atoms with Crippen molar-refractivity contribution in [1.82, 2.24) is 9.88 Å². The molecule has 1 amide bonds. The maximum Gasteiger partial charge on any atom is 0.251 e. The summed E-state index contributed by atoms with van der Waals surface area (Å²) in [6, 6.07) is 13.3. The quantitative estimate of drug-likeness (QED) is 0.715. The number of para-hydroxylation sites is 1. The number of rotatable bonds is 5. The topological polar surface area (TPSA) is 34.0 Å². The van der Waals surface area contributed by atoms with E-state index in [9.17, 15) is 13.6 Å². The smallest absolute Gasteiger partial charge is 0.251 e. The van der Waals surface area contributed by atoms with Crippen LogP contribution >= 0.6 is 0 Å². The highest BCUT2D eigenvalue weighted by atomic mass is 19.2. The molecular formula is C18H16F2N2O. The fourth-order valence-electron chi connectivity index (χ4n) is 2.53. The molecule has 1 aromatic heterocycles. The molecule has 23 heavy (non-hydrogen) atoms. The number of amides is 1. The lowest BCUT2D eigenvalue weighted by Gasteiger charge is -2.07. The van der Waals surface area contributed by atoms with Gasteiger partial charge in [0.25, 0.3) is 5.91 Å². The Bertz CT molecular complexity index is 842. The minimum Gasteiger partial charge on any atom is -0.352 e. The van der Waals surface area contributed by atoms with Crippen LogP contribution in [0.4, 0.5) is 8.78 Å². The molecule has 0 saturated carbocycles. The molecule has 0 radical (unpaired) electrons. The molecule has 118 valence electrons. The van der Waals surface area contributed by atoms with Crippen LogP contribution in [0.25, 0.3) is 10.9 Å². The van der Waals surface area contributed by atoms with E-state index in [4.69, 9.17) is 0 Å². The Balaban J connectivity index is 1.53. The summed E-state index contributed by atoms with van der Waals surface area (Å²) in [4.78, 5) is 11.9. The first-order valence-electron chi connectivity index (χ1n) is 7.42. The number of carbonyl (C=O) groups is 1. The predicted octanol–water partition coefficient (Wildman–Crippen LogP) is 3.74. The molecule has 1 N–H and O–H groups in total. The van der Waals surface area contributed by atoms with Gasteiger partial charge in [-0.3, -0.25) is 4.79 Å². The van der Waals surface area contributed by atoms with Gasteiger partial charge in [-0.2, -0.15) is 0 Å². The second-order valence-electron chi connectivity index (χ2n) is 5.31. The highest BCUT2D eigenvalue weighted by molar-refractivity contribution is 5.94. The van der Waals surface area contributed by atoms with Crippen LogP contribution in [0.3, 0.4) is 0 Å². The molecule has 3 rings (SSSR count). The Morgan fingerprint density at radius 1 is 1.04 bits per heavy atom. The van der Waals surface area contributed by atoms with Crippen molar-refractivity contribution in [3.05, 3.63) is 71.9 Å². The molecule has 5 heteroatoms. The molecule has 0 spiro atoms. The van der Waals surface area contributed by atoms with Crippen LogP contribution in [-0.4, -0.2) is 17.0 Å². The maximum atomic E-state index is 13.1. The number of aromatic nitrogens is 1. The van der Waals surface area contributed by atoms with Gasteiger partial charge in [0.15, 0.2) is 11.6 Å². The average molecular weight is 314 g/mol. The van der Waals surface area contributed by atoms with E-state index in [1.54, 1.807) is 0 Å². The minimum absolute atomic E-state index is 0.121. The summed E-state index contributed by atoms with van der Waals surface area (Å²) >= 11 is 0. The van der Waals surface area contributed by atoms with Crippen LogP contribution in [0.15, 0.2) is 54.7 Å². The van der Waals surface area contributed by atoms with Crippen molar-refractivity contribution in [3.63, 3.8) is 0 Å². The van der Waals surface area contributed by atoms with Gasteiger partial charge in [0.2, 0.25) is 0 Å². The number of benzene rings is 2. The molecular weight excluding hydrogens is 298 g/mol. The van der Waals surface area contributed by atoms with E-state index in [1.165, 1.54) is 11.5 Å². The minimum atomic E-state index is -1.02. The number of aryl methyl sites for hydroxylation is 1. The summed E-state index contributed by atoms with van der Waals surface area (Å²) in [6.07, 6.45) is 2.76. The summed E-state index contributed by atoms with van der Waals surface area (Å²) in [5.41, 5.74) is 1.27. The van der Waals surface area contributed by atoms with Crippen molar-refractivity contribution in [2.24, 2.45) is 0 Å². The highest BCUT2D eigenvalue weighted by Crippen LogP contribution is 2.15. The Labute approximate surface area is 132 Å². The Kier molecular flexibility index (Phi) is 4.37. The number of fused-ring (bicyclic) bond motifs is 1. The van der Waals surface area contributed by atoms with Crippen LogP contribution in [0.2, 0.25) is 0 Å². The molecule has 2 aromatic carbocycles. The Morgan fingerprint density at radius 2 is 1.87 bits per heavy atom. The van der Waals surface area contributed by atoms with E-state index in [0.717, 1.165) is 30.6 Å². The van der Waals surface area contributed by atoms with Gasteiger partial charge >= 0.3 is 0 Å². The summed E-state index contributed by atoms with van der Waals surface area (Å²) in [7, 11) is 0. The third-order valence-electron chi connectivity index (χ3n) is 3.72. The highest BCUT2D eigenvalue weighted by Gasteiger charge is 2.09. The molecule has 0 aliphatic heterocycles. The molecule has 3 nitrogen and oxygen atoms in total. The number of halogens is 2. The maximum absolute atomic E-state index is 13.1. The zero-order chi connectivity index (χ0) is 16.2. The second kappa shape index (κ2) is 6.60. The summed E-state index contributed by atoms with van der Waals surface area (Å²) in [5, 5.41) is 3.89. The van der Waals surface area contributed by atoms with Gasteiger partial charge in [-0.1, -0.05) is 18.2 Å². The van der Waals surface area contributed by atoms with E-state index >= 15 is 0 Å². The van der Waals surface area contributed by atoms with Crippen molar-refractivity contribution >= 4 is 16.8 Å². The van der Waals surface area contributed by atoms with Crippen molar-refractivity contribution in [1.29, 1.82) is 0 Å². The standard InChI is InChI=1S/C18H16F2N2O/c19-15-7-6-14(12-16(15)20)18(23)21-9-3-10-22-11-8-13-4-1-2-5-17(13)22/h1-2,4-8,11-12H,3,9-10H2,(H,21,23). The van der Waals surface area contributed by atoms with Gasteiger partial charge in [-0.05, 0) is 42.1 Å². The van der Waals surface area contributed by atoms with E-state index in [-0.39, 0.29) is 5.56 Å². The Morgan fingerprint density at radius 3 is 2.70 bits per heavy atom. The normalized spacial score (nSPS) is 10.9. The molecule has 1 heterocycles. The number of nitrogens with zero attached hydrogens (tertiary/aromatic N) is 1. The van der Waals surface area contributed by atoms with Crippen molar-refractivity contribution in [3.8, 4) is 0 Å². The second-order valence-corrected chi connectivity index (χ2v) is 5.31. The van der Waals surface area contributed by atoms with Crippen LogP contribution in [0, 0.1) is 11.6 Å². The van der Waals surface area contributed by atoms with E-state index in [1.807, 2.05) is 18.3 Å². The largest absolute Gasteiger partial charge is 0.352 e. The van der Waals surface area contributed by atoms with Crippen molar-refractivity contribution < 1.29 is 13.6 Å². The molecule has 0 aliphatic carbocycles. The van der Waals surface area contributed by atoms with Gasteiger partial charge in [0.05, 0.1) is 0 Å². The third-order valence-corrected chi connectivity index (χ3v) is 3.72. The lowest BCUT2D eigenvalue weighted by Crippen LogP contribution is -2.25. The summed E-state index contributed by atoms with van der Waals surface area (Å²) in [5.74, 6) is -2.38. The number of carbonyl (C=O) groups excluding carboxylic acids is 1. The summed E-state index contributed by atoms with van der Waals surface area (Å²) < 4.78 is 28.1. The van der Waals surface area contributed by atoms with Gasteiger partial charge in [-0.15, -0.1) is 0 Å². The average Bonchev–Trinajstić information content (AvgIpc) is 2.97. The van der Waals surface area contributed by atoms with Crippen LogP contribution in [0.5, 0.6) is 0 Å². The zero-order valence-corrected chi connectivity index (χ0v) is 12.4. The van der Waals surface area contributed by atoms with E-state index < -0.39 is 17.5 Å². The fraction of sp³-hybridized carbons (Fsp3) is 0.167. The SMILES string of the molecule is O=C(NCCCn1ccc2ccccc21)c1ccc(F)c(F)c1. The molecule has 0 bridgehead atoms. The first kappa shape index (κ1) is 15.2. The van der Waals surface area contributed by atoms with E-state index in [0.29, 0.717) is 6.54 Å². The molecule has 0 atom stereocenters. The van der Waals surface area contributed by atoms with Crippen LogP contribution < -0.4 is 5.32 Å². The molecule has 0 fully saturated rings. The third kappa shape index (κ3) is 3.39. The summed E-state index contributed by atoms with van der Waals surface area (Å²) in [6.45, 7) is 1.23. The molecule has 0 aliphatic rings. The van der Waals surface area contributed by atoms with Crippen molar-refractivity contribution in [2.75, 3.05) is 6.54 Å². The first-order valence-corrected chi connectivity index (χ1v) is 7.42. The zero-order valence-electron chi connectivity index (χ0n) is 12.4. The monoisotopic (exact) mass is 314 g/mol. The van der Waals surface area contributed by atoms with E-state index in [2.05, 4.69) is 28.1 Å². The van der Waals surface area contributed by atoms with Gasteiger partial charge in [0, 0.05) is 30.4 Å². The molecule has 0 saturated heterocycles. The van der Waals surface area contributed by atoms with Gasteiger partial charge in [0.1, 0.15) is 0 Å². The van der Waals surface area contributed by atoms with Gasteiger partial charge < -0.3 is 9.88 Å². The number of hydrogen-bond donors (Lipinski definition) is 1. The Hall–Kier alpha value is -2.69. The molecule has 3 aromatic rings. The fourth-order valence-corrected chi connectivity index (χ4v) is 2.53. The predicted molar refractivity (Wildman–Crippen MR) is 85.2 cm³/mol. The lowest BCUT2D eigenvalue weighted by atomic mass is 10.2. The molecule has 0 unspecified atom stereocenters. The lowest BCUT2D eigenvalue weighted by molar-refractivity contribution is 0.0952. The van der Waals surface area contributed by atoms with Crippen LogP contribution in [0.1, 0.15) is 16.8 Å². The van der Waals surface area contributed by atoms with Gasteiger partial charge in [-0.25, -0.2) is 8.78 Å². The first-order chi connectivity index (χ1) is 11.1.